The molecule has 0 saturated heterocycles. The number of hydrogen-bond donors (Lipinski definition) is 1. The largest absolute Gasteiger partial charge is 0.383 e. The van der Waals surface area contributed by atoms with Gasteiger partial charge in [0.25, 0.3) is 0 Å². The first-order valence-electron chi connectivity index (χ1n) is 9.42. The Hall–Kier alpha value is -2.37. The van der Waals surface area contributed by atoms with Gasteiger partial charge < -0.3 is 15.0 Å². The van der Waals surface area contributed by atoms with Crippen LogP contribution in [0.4, 0.5) is 0 Å². The molecule has 6 heteroatoms. The van der Waals surface area contributed by atoms with Gasteiger partial charge in [0.2, 0.25) is 11.8 Å². The van der Waals surface area contributed by atoms with Gasteiger partial charge in [0.1, 0.15) is 6.04 Å². The Balaban J connectivity index is 2.36. The molecule has 0 unspecified atom stereocenters. The number of rotatable bonds is 10. The van der Waals surface area contributed by atoms with Crippen LogP contribution < -0.4 is 5.32 Å². The van der Waals surface area contributed by atoms with Gasteiger partial charge in [-0.3, -0.25) is 9.59 Å². The number of hydrogen-bond acceptors (Lipinski definition) is 3. The van der Waals surface area contributed by atoms with E-state index in [2.05, 4.69) is 5.32 Å². The van der Waals surface area contributed by atoms with Crippen LogP contribution in [0.3, 0.4) is 0 Å². The number of ether oxygens (including phenoxy) is 1. The number of nitrogens with one attached hydrogen (secondary N) is 1. The number of carbonyl (C=O) groups excluding carboxylic acids is 2. The molecule has 0 aromatic heterocycles. The lowest BCUT2D eigenvalue weighted by Gasteiger charge is -2.31. The van der Waals surface area contributed by atoms with Gasteiger partial charge in [-0.25, -0.2) is 0 Å². The Morgan fingerprint density at radius 3 is 2.39 bits per heavy atom. The highest BCUT2D eigenvalue weighted by atomic mass is 35.5. The van der Waals surface area contributed by atoms with Crippen molar-refractivity contribution < 1.29 is 14.3 Å². The Kier molecular flexibility index (Phi) is 8.98. The summed E-state index contributed by atoms with van der Waals surface area (Å²) in [4.78, 5) is 27.6. The fraction of sp³-hybridized carbons (Fsp3) is 0.364. The van der Waals surface area contributed by atoms with Crippen molar-refractivity contribution in [2.24, 2.45) is 0 Å². The lowest BCUT2D eigenvalue weighted by Crippen LogP contribution is -2.44. The molecule has 28 heavy (non-hydrogen) atoms. The molecule has 0 aliphatic heterocycles. The van der Waals surface area contributed by atoms with E-state index < -0.39 is 6.04 Å². The van der Waals surface area contributed by atoms with Gasteiger partial charge in [-0.2, -0.15) is 0 Å². The van der Waals surface area contributed by atoms with Gasteiger partial charge in [-0.15, -0.1) is 0 Å². The van der Waals surface area contributed by atoms with Crippen LogP contribution in [0.25, 0.3) is 0 Å². The van der Waals surface area contributed by atoms with Crippen LogP contribution >= 0.6 is 11.6 Å². The van der Waals surface area contributed by atoms with Crippen molar-refractivity contribution in [3.63, 3.8) is 0 Å². The molecule has 5 nitrogen and oxygen atoms in total. The molecule has 2 aromatic carbocycles. The van der Waals surface area contributed by atoms with Crippen molar-refractivity contribution in [3.8, 4) is 0 Å². The third-order valence-electron chi connectivity index (χ3n) is 4.33. The van der Waals surface area contributed by atoms with Crippen molar-refractivity contribution >= 4 is 23.4 Å². The molecule has 0 radical (unpaired) electrons. The second-order valence-electron chi connectivity index (χ2n) is 6.50. The van der Waals surface area contributed by atoms with Crippen LogP contribution in [0.5, 0.6) is 0 Å². The van der Waals surface area contributed by atoms with E-state index in [0.29, 0.717) is 37.6 Å². The van der Waals surface area contributed by atoms with Crippen LogP contribution in [-0.2, 0) is 20.9 Å². The number of carbonyl (C=O) groups is 2. The summed E-state index contributed by atoms with van der Waals surface area (Å²) < 4.78 is 5.02. The molecule has 1 N–H and O–H groups in total. The molecule has 0 aliphatic carbocycles. The summed E-state index contributed by atoms with van der Waals surface area (Å²) in [6, 6.07) is 16.0. The maximum atomic E-state index is 13.0. The van der Waals surface area contributed by atoms with Crippen molar-refractivity contribution in [1.82, 2.24) is 10.2 Å². The maximum Gasteiger partial charge on any atom is 0.247 e. The topological polar surface area (TPSA) is 58.6 Å². The van der Waals surface area contributed by atoms with Gasteiger partial charge in [0, 0.05) is 31.6 Å². The highest BCUT2D eigenvalue weighted by Crippen LogP contribution is 2.25. The number of nitrogens with zero attached hydrogens (tertiary/aromatic N) is 1. The zero-order valence-electron chi connectivity index (χ0n) is 16.4. The SMILES string of the molecule is CCCC(=O)N(Cc1ccc(Cl)cc1)[C@@H](C(=O)NCCOC)c1ccccc1. The van der Waals surface area contributed by atoms with E-state index in [1.807, 2.05) is 49.4 Å². The molecule has 0 fully saturated rings. The van der Waals surface area contributed by atoms with Gasteiger partial charge in [0.15, 0.2) is 0 Å². The van der Waals surface area contributed by atoms with Gasteiger partial charge >= 0.3 is 0 Å². The predicted molar refractivity (Wildman–Crippen MR) is 111 cm³/mol. The Morgan fingerprint density at radius 1 is 1.11 bits per heavy atom. The molecular weight excluding hydrogens is 376 g/mol. The summed E-state index contributed by atoms with van der Waals surface area (Å²) in [7, 11) is 1.58. The van der Waals surface area contributed by atoms with Crippen molar-refractivity contribution in [2.45, 2.75) is 32.4 Å². The smallest absolute Gasteiger partial charge is 0.247 e. The third kappa shape index (κ3) is 6.36. The monoisotopic (exact) mass is 402 g/mol. The number of amides is 2. The molecular formula is C22H27ClN2O3. The molecule has 0 aliphatic rings. The molecule has 1 atom stereocenters. The highest BCUT2D eigenvalue weighted by molar-refractivity contribution is 6.30. The van der Waals surface area contributed by atoms with E-state index in [1.54, 1.807) is 24.1 Å². The van der Waals surface area contributed by atoms with E-state index in [4.69, 9.17) is 16.3 Å². The Morgan fingerprint density at radius 2 is 1.79 bits per heavy atom. The van der Waals surface area contributed by atoms with Crippen LogP contribution in [0, 0.1) is 0 Å². The van der Waals surface area contributed by atoms with E-state index >= 15 is 0 Å². The van der Waals surface area contributed by atoms with Crippen LogP contribution in [-0.4, -0.2) is 37.0 Å². The summed E-state index contributed by atoms with van der Waals surface area (Å²) in [5.74, 6) is -0.283. The number of halogens is 1. The molecule has 0 spiro atoms. The number of benzene rings is 2. The van der Waals surface area contributed by atoms with Gasteiger partial charge in [-0.1, -0.05) is 61.0 Å². The number of methoxy groups -OCH3 is 1. The van der Waals surface area contributed by atoms with E-state index in [9.17, 15) is 9.59 Å². The third-order valence-corrected chi connectivity index (χ3v) is 4.58. The van der Waals surface area contributed by atoms with Crippen molar-refractivity contribution in [1.29, 1.82) is 0 Å². The minimum Gasteiger partial charge on any atom is -0.383 e. The minimum absolute atomic E-state index is 0.0619. The van der Waals surface area contributed by atoms with Crippen LogP contribution in [0.2, 0.25) is 5.02 Å². The van der Waals surface area contributed by atoms with Gasteiger partial charge in [0.05, 0.1) is 6.61 Å². The normalized spacial score (nSPS) is 11.7. The lowest BCUT2D eigenvalue weighted by atomic mass is 10.0. The summed E-state index contributed by atoms with van der Waals surface area (Å²) in [5.41, 5.74) is 1.69. The zero-order valence-corrected chi connectivity index (χ0v) is 17.1. The fourth-order valence-electron chi connectivity index (χ4n) is 2.95. The summed E-state index contributed by atoms with van der Waals surface area (Å²) in [6.45, 7) is 3.07. The second kappa shape index (κ2) is 11.5. The Labute approximate surface area is 171 Å². The first kappa shape index (κ1) is 21.9. The fourth-order valence-corrected chi connectivity index (χ4v) is 3.07. The zero-order chi connectivity index (χ0) is 20.4. The van der Waals surface area contributed by atoms with Gasteiger partial charge in [-0.05, 0) is 29.7 Å². The molecule has 0 saturated carbocycles. The summed E-state index contributed by atoms with van der Waals surface area (Å²) in [5, 5.41) is 3.51. The first-order valence-corrected chi connectivity index (χ1v) is 9.80. The molecule has 2 rings (SSSR count). The van der Waals surface area contributed by atoms with Crippen molar-refractivity contribution in [2.75, 3.05) is 20.3 Å². The van der Waals surface area contributed by atoms with Crippen LogP contribution in [0.15, 0.2) is 54.6 Å². The molecule has 2 amide bonds. The minimum atomic E-state index is -0.715. The Bertz CT molecular complexity index is 750. The van der Waals surface area contributed by atoms with E-state index in [-0.39, 0.29) is 11.8 Å². The standard InChI is InChI=1S/C22H27ClN2O3/c1-3-7-20(26)25(16-17-10-12-19(23)13-11-17)21(18-8-5-4-6-9-18)22(27)24-14-15-28-2/h4-6,8-13,21H,3,7,14-16H2,1-2H3,(H,24,27)/t21-/m1/s1. The van der Waals surface area contributed by atoms with E-state index in [0.717, 1.165) is 11.1 Å². The molecule has 0 bridgehead atoms. The first-order chi connectivity index (χ1) is 13.6. The highest BCUT2D eigenvalue weighted by Gasteiger charge is 2.30. The molecule has 0 heterocycles. The average Bonchev–Trinajstić information content (AvgIpc) is 2.70. The quantitative estimate of drug-likeness (QED) is 0.611. The predicted octanol–water partition coefficient (Wildman–Crippen LogP) is 3.97. The molecule has 2 aromatic rings. The molecule has 150 valence electrons. The van der Waals surface area contributed by atoms with E-state index in [1.165, 1.54) is 0 Å². The second-order valence-corrected chi connectivity index (χ2v) is 6.93. The lowest BCUT2D eigenvalue weighted by molar-refractivity contribution is -0.141. The summed E-state index contributed by atoms with van der Waals surface area (Å²) in [6.07, 6.45) is 1.09. The maximum absolute atomic E-state index is 13.0. The average molecular weight is 403 g/mol. The summed E-state index contributed by atoms with van der Waals surface area (Å²) >= 11 is 5.98. The van der Waals surface area contributed by atoms with Crippen LogP contribution in [0.1, 0.15) is 36.9 Å². The van der Waals surface area contributed by atoms with Crippen molar-refractivity contribution in [3.05, 3.63) is 70.7 Å².